The van der Waals surface area contributed by atoms with Gasteiger partial charge in [0.25, 0.3) is 0 Å². The van der Waals surface area contributed by atoms with E-state index in [1.54, 1.807) is 6.92 Å². The van der Waals surface area contributed by atoms with Crippen molar-refractivity contribution in [1.82, 2.24) is 10.6 Å². The van der Waals surface area contributed by atoms with Crippen molar-refractivity contribution in [2.45, 2.75) is 18.6 Å². The van der Waals surface area contributed by atoms with Crippen LogP contribution in [-0.4, -0.2) is 22.9 Å². The number of benzene rings is 3. The summed E-state index contributed by atoms with van der Waals surface area (Å²) in [4.78, 5) is 0. The third-order valence-corrected chi connectivity index (χ3v) is 4.73. The molecule has 3 aromatic rings. The summed E-state index contributed by atoms with van der Waals surface area (Å²) in [5.74, 6) is 0. The minimum Gasteiger partial charge on any atom is -0.392 e. The van der Waals surface area contributed by atoms with E-state index in [9.17, 15) is 5.11 Å². The zero-order chi connectivity index (χ0) is 19.1. The van der Waals surface area contributed by atoms with E-state index in [4.69, 9.17) is 12.2 Å². The van der Waals surface area contributed by atoms with Crippen molar-refractivity contribution < 1.29 is 5.11 Å². The van der Waals surface area contributed by atoms with Crippen molar-refractivity contribution in [2.75, 3.05) is 6.54 Å². The van der Waals surface area contributed by atoms with E-state index >= 15 is 0 Å². The first kappa shape index (κ1) is 19.1. The molecule has 0 spiro atoms. The molecule has 0 bridgehead atoms. The minimum absolute atomic E-state index is 0.389. The lowest BCUT2D eigenvalue weighted by molar-refractivity contribution is 0.197. The third kappa shape index (κ3) is 4.35. The Kier molecular flexibility index (Phi) is 6.22. The number of hydrogen-bond acceptors (Lipinski definition) is 2. The second kappa shape index (κ2) is 8.80. The van der Waals surface area contributed by atoms with Crippen LogP contribution in [0, 0.1) is 0 Å². The van der Waals surface area contributed by atoms with Gasteiger partial charge in [0.15, 0.2) is 5.11 Å². The van der Waals surface area contributed by atoms with Gasteiger partial charge in [-0.05, 0) is 35.8 Å². The topological polar surface area (TPSA) is 44.3 Å². The van der Waals surface area contributed by atoms with Crippen molar-refractivity contribution >= 4 is 17.3 Å². The lowest BCUT2D eigenvalue weighted by Crippen LogP contribution is -2.52. The molecule has 0 heterocycles. The van der Waals surface area contributed by atoms with Crippen LogP contribution < -0.4 is 10.6 Å². The van der Waals surface area contributed by atoms with Crippen LogP contribution in [0.2, 0.25) is 0 Å². The van der Waals surface area contributed by atoms with Crippen molar-refractivity contribution in [3.05, 3.63) is 108 Å². The molecule has 0 saturated carbocycles. The summed E-state index contributed by atoms with van der Waals surface area (Å²) >= 11 is 5.59. The summed E-state index contributed by atoms with van der Waals surface area (Å²) in [5, 5.41) is 16.8. The molecule has 0 aliphatic rings. The maximum absolute atomic E-state index is 9.60. The number of rotatable bonds is 6. The molecule has 1 atom stereocenters. The molecule has 0 aliphatic carbocycles. The Morgan fingerprint density at radius 1 is 0.815 bits per heavy atom. The summed E-state index contributed by atoms with van der Waals surface area (Å²) in [7, 11) is 0. The second-order valence-electron chi connectivity index (χ2n) is 6.53. The van der Waals surface area contributed by atoms with Gasteiger partial charge in [-0.15, -0.1) is 0 Å². The summed E-state index contributed by atoms with van der Waals surface area (Å²) in [6, 6.07) is 30.8. The summed E-state index contributed by atoms with van der Waals surface area (Å²) in [6.07, 6.45) is -0.482. The van der Waals surface area contributed by atoms with Crippen LogP contribution >= 0.6 is 12.2 Å². The zero-order valence-corrected chi connectivity index (χ0v) is 16.1. The SMILES string of the molecule is C[C@@H](O)CNC(=S)NC(c1ccccc1)(c1ccccc1)c1ccccc1. The third-order valence-electron chi connectivity index (χ3n) is 4.48. The van der Waals surface area contributed by atoms with E-state index in [0.717, 1.165) is 16.7 Å². The standard InChI is InChI=1S/C23H24N2OS/c1-18(26)17-24-22(27)25-23(19-11-5-2-6-12-19,20-13-7-3-8-14-20)21-15-9-4-10-16-21/h2-16,18,26H,17H2,1H3,(H2,24,25,27)/t18-/m1/s1. The Morgan fingerprint density at radius 3 is 1.52 bits per heavy atom. The molecule has 27 heavy (non-hydrogen) atoms. The van der Waals surface area contributed by atoms with Gasteiger partial charge in [-0.3, -0.25) is 0 Å². The van der Waals surface area contributed by atoms with Gasteiger partial charge in [-0.2, -0.15) is 0 Å². The van der Waals surface area contributed by atoms with Crippen molar-refractivity contribution in [3.63, 3.8) is 0 Å². The Morgan fingerprint density at radius 2 is 1.19 bits per heavy atom. The van der Waals surface area contributed by atoms with E-state index in [-0.39, 0.29) is 0 Å². The molecule has 3 nitrogen and oxygen atoms in total. The van der Waals surface area contributed by atoms with Gasteiger partial charge < -0.3 is 15.7 Å². The maximum Gasteiger partial charge on any atom is 0.167 e. The minimum atomic E-state index is -0.646. The Bertz CT molecular complexity index is 755. The first-order valence-corrected chi connectivity index (χ1v) is 9.44. The van der Waals surface area contributed by atoms with Gasteiger partial charge in [0.1, 0.15) is 5.54 Å². The lowest BCUT2D eigenvalue weighted by atomic mass is 9.77. The van der Waals surface area contributed by atoms with Gasteiger partial charge in [-0.25, -0.2) is 0 Å². The molecule has 0 unspecified atom stereocenters. The molecule has 0 amide bonds. The summed E-state index contributed by atoms with van der Waals surface area (Å²) in [5.41, 5.74) is 2.61. The Labute approximate surface area is 166 Å². The fourth-order valence-electron chi connectivity index (χ4n) is 3.24. The predicted octanol–water partition coefficient (Wildman–Crippen LogP) is 3.82. The zero-order valence-electron chi connectivity index (χ0n) is 15.3. The highest BCUT2D eigenvalue weighted by Crippen LogP contribution is 2.36. The van der Waals surface area contributed by atoms with E-state index in [1.807, 2.05) is 54.6 Å². The van der Waals surface area contributed by atoms with E-state index < -0.39 is 11.6 Å². The van der Waals surface area contributed by atoms with Crippen molar-refractivity contribution in [3.8, 4) is 0 Å². The predicted molar refractivity (Wildman–Crippen MR) is 115 cm³/mol. The molecule has 3 aromatic carbocycles. The van der Waals surface area contributed by atoms with Crippen LogP contribution in [0.25, 0.3) is 0 Å². The van der Waals surface area contributed by atoms with Gasteiger partial charge in [-0.1, -0.05) is 91.0 Å². The molecular weight excluding hydrogens is 352 g/mol. The average molecular weight is 377 g/mol. The molecule has 0 radical (unpaired) electrons. The van der Waals surface area contributed by atoms with Crippen LogP contribution in [0.5, 0.6) is 0 Å². The van der Waals surface area contributed by atoms with Gasteiger partial charge in [0.05, 0.1) is 6.10 Å². The number of hydrogen-bond donors (Lipinski definition) is 3. The monoisotopic (exact) mass is 376 g/mol. The van der Waals surface area contributed by atoms with Crippen molar-refractivity contribution in [1.29, 1.82) is 0 Å². The van der Waals surface area contributed by atoms with E-state index in [1.165, 1.54) is 0 Å². The number of aliphatic hydroxyl groups is 1. The largest absolute Gasteiger partial charge is 0.392 e. The fraction of sp³-hybridized carbons (Fsp3) is 0.174. The highest BCUT2D eigenvalue weighted by Gasteiger charge is 2.36. The van der Waals surface area contributed by atoms with Gasteiger partial charge >= 0.3 is 0 Å². The molecular formula is C23H24N2OS. The molecule has 0 saturated heterocycles. The molecule has 0 aromatic heterocycles. The molecule has 4 heteroatoms. The number of nitrogens with one attached hydrogen (secondary N) is 2. The molecule has 3 rings (SSSR count). The van der Waals surface area contributed by atoms with E-state index in [2.05, 4.69) is 47.0 Å². The quantitative estimate of drug-likeness (QED) is 0.452. The fourth-order valence-corrected chi connectivity index (χ4v) is 3.47. The van der Waals surface area contributed by atoms with Crippen LogP contribution in [0.4, 0.5) is 0 Å². The van der Waals surface area contributed by atoms with E-state index in [0.29, 0.717) is 11.7 Å². The average Bonchev–Trinajstić information content (AvgIpc) is 2.72. The Balaban J connectivity index is 2.15. The Hall–Kier alpha value is -2.69. The molecule has 3 N–H and O–H groups in total. The summed E-state index contributed by atoms with van der Waals surface area (Å²) in [6.45, 7) is 2.12. The first-order valence-electron chi connectivity index (χ1n) is 9.03. The highest BCUT2D eigenvalue weighted by atomic mass is 32.1. The lowest BCUT2D eigenvalue weighted by Gasteiger charge is -2.38. The first-order chi connectivity index (χ1) is 13.1. The van der Waals surface area contributed by atoms with Crippen LogP contribution in [-0.2, 0) is 5.54 Å². The van der Waals surface area contributed by atoms with Gasteiger partial charge in [0, 0.05) is 6.54 Å². The van der Waals surface area contributed by atoms with Crippen LogP contribution in [0.1, 0.15) is 23.6 Å². The maximum atomic E-state index is 9.60. The summed E-state index contributed by atoms with van der Waals surface area (Å²) < 4.78 is 0. The number of thiocarbonyl (C=S) groups is 1. The second-order valence-corrected chi connectivity index (χ2v) is 6.94. The molecule has 0 aliphatic heterocycles. The highest BCUT2D eigenvalue weighted by molar-refractivity contribution is 7.80. The molecule has 138 valence electrons. The van der Waals surface area contributed by atoms with Crippen LogP contribution in [0.3, 0.4) is 0 Å². The van der Waals surface area contributed by atoms with Crippen LogP contribution in [0.15, 0.2) is 91.0 Å². The van der Waals surface area contributed by atoms with Gasteiger partial charge in [0.2, 0.25) is 0 Å². The number of aliphatic hydroxyl groups excluding tert-OH is 1. The smallest absolute Gasteiger partial charge is 0.167 e. The normalized spacial score (nSPS) is 12.2. The van der Waals surface area contributed by atoms with Crippen molar-refractivity contribution in [2.24, 2.45) is 0 Å². The molecule has 0 fully saturated rings.